The molecule has 1 amide bonds. The Balaban J connectivity index is 1.41. The number of benzene rings is 1. The number of hydrogen-bond donors (Lipinski definition) is 3. The zero-order chi connectivity index (χ0) is 19.1. The predicted octanol–water partition coefficient (Wildman–Crippen LogP) is 1.59. The Hall–Kier alpha value is -3.46. The quantitative estimate of drug-likeness (QED) is 0.500. The molecule has 1 aliphatic rings. The average molecular weight is 376 g/mol. The van der Waals surface area contributed by atoms with Gasteiger partial charge in [0.15, 0.2) is 5.65 Å². The predicted molar refractivity (Wildman–Crippen MR) is 105 cm³/mol. The van der Waals surface area contributed by atoms with Crippen molar-refractivity contribution in [1.29, 1.82) is 0 Å². The Morgan fingerprint density at radius 2 is 2.18 bits per heavy atom. The van der Waals surface area contributed by atoms with Crippen LogP contribution in [0.5, 0.6) is 0 Å². The lowest BCUT2D eigenvalue weighted by molar-refractivity contribution is -0.124. The van der Waals surface area contributed by atoms with E-state index in [2.05, 4.69) is 35.8 Å². The molecule has 0 spiro atoms. The molecule has 142 valence electrons. The van der Waals surface area contributed by atoms with Crippen LogP contribution in [0.25, 0.3) is 16.6 Å². The zero-order valence-electron chi connectivity index (χ0n) is 15.4. The molecule has 1 saturated heterocycles. The van der Waals surface area contributed by atoms with Crippen LogP contribution >= 0.6 is 0 Å². The monoisotopic (exact) mass is 376 g/mol. The summed E-state index contributed by atoms with van der Waals surface area (Å²) in [6.07, 6.45) is 0. The van der Waals surface area contributed by atoms with Gasteiger partial charge in [-0.25, -0.2) is 4.52 Å². The number of aryl methyl sites for hydroxylation is 1. The number of anilines is 2. The maximum Gasteiger partial charge on any atom is 0.247 e. The van der Waals surface area contributed by atoms with Gasteiger partial charge in [0.25, 0.3) is 0 Å². The molecule has 0 unspecified atom stereocenters. The summed E-state index contributed by atoms with van der Waals surface area (Å²) in [7, 11) is 0. The first kappa shape index (κ1) is 16.7. The Morgan fingerprint density at radius 1 is 1.25 bits per heavy atom. The minimum absolute atomic E-state index is 0.0587. The fourth-order valence-corrected chi connectivity index (χ4v) is 3.54. The number of rotatable bonds is 4. The SMILES string of the molecule is Cc1[nH]nc2cc(Nc3nc4cccc(CN5CCNC(=O)C5)n4n3)ccc12. The summed E-state index contributed by atoms with van der Waals surface area (Å²) in [5.41, 5.74) is 4.58. The van der Waals surface area contributed by atoms with Gasteiger partial charge in [0.05, 0.1) is 17.8 Å². The Morgan fingerprint density at radius 3 is 3.07 bits per heavy atom. The number of fused-ring (bicyclic) bond motifs is 2. The summed E-state index contributed by atoms with van der Waals surface area (Å²) in [4.78, 5) is 18.3. The number of piperazine rings is 1. The van der Waals surface area contributed by atoms with Gasteiger partial charge in [-0.3, -0.25) is 14.8 Å². The molecule has 4 aromatic rings. The largest absolute Gasteiger partial charge is 0.354 e. The molecule has 0 radical (unpaired) electrons. The Kier molecular flexibility index (Phi) is 3.94. The molecule has 0 aliphatic carbocycles. The maximum atomic E-state index is 11.6. The van der Waals surface area contributed by atoms with Crippen molar-refractivity contribution in [2.24, 2.45) is 0 Å². The summed E-state index contributed by atoms with van der Waals surface area (Å²) >= 11 is 0. The number of aromatic amines is 1. The first-order chi connectivity index (χ1) is 13.7. The molecular weight excluding hydrogens is 356 g/mol. The molecule has 4 heterocycles. The fraction of sp³-hybridized carbons (Fsp3) is 0.263. The summed E-state index contributed by atoms with van der Waals surface area (Å²) in [6.45, 7) is 4.55. The molecular formula is C19H20N8O. The lowest BCUT2D eigenvalue weighted by atomic mass is 10.2. The Bertz CT molecular complexity index is 1180. The summed E-state index contributed by atoms with van der Waals surface area (Å²) < 4.78 is 1.83. The molecule has 3 aromatic heterocycles. The standard InChI is InChI=1S/C19H20N8O/c1-12-15-6-5-13(9-16(15)24-23-12)21-19-22-17-4-2-3-14(27(17)25-19)10-26-8-7-20-18(28)11-26/h2-6,9H,7-8,10-11H2,1H3,(H,20,28)(H,21,25)(H,23,24). The maximum absolute atomic E-state index is 11.6. The number of amides is 1. The third-order valence-electron chi connectivity index (χ3n) is 4.94. The van der Waals surface area contributed by atoms with Crippen molar-refractivity contribution in [3.05, 3.63) is 47.8 Å². The number of carbonyl (C=O) groups is 1. The lowest BCUT2D eigenvalue weighted by Gasteiger charge is -2.26. The van der Waals surface area contributed by atoms with Crippen LogP contribution in [-0.4, -0.2) is 55.2 Å². The van der Waals surface area contributed by atoms with Crippen molar-refractivity contribution in [2.45, 2.75) is 13.5 Å². The van der Waals surface area contributed by atoms with Crippen LogP contribution in [0, 0.1) is 6.92 Å². The topological polar surface area (TPSA) is 103 Å². The minimum Gasteiger partial charge on any atom is -0.354 e. The van der Waals surface area contributed by atoms with E-state index in [0.29, 0.717) is 25.6 Å². The first-order valence-electron chi connectivity index (χ1n) is 9.21. The number of nitrogens with zero attached hydrogens (tertiary/aromatic N) is 5. The van der Waals surface area contributed by atoms with Gasteiger partial charge in [-0.05, 0) is 37.3 Å². The second-order valence-electron chi connectivity index (χ2n) is 6.99. The van der Waals surface area contributed by atoms with Gasteiger partial charge in [0.2, 0.25) is 11.9 Å². The third-order valence-corrected chi connectivity index (χ3v) is 4.94. The molecule has 5 rings (SSSR count). The van der Waals surface area contributed by atoms with E-state index in [1.165, 1.54) is 0 Å². The molecule has 0 saturated carbocycles. The Labute approximate surface area is 160 Å². The van der Waals surface area contributed by atoms with E-state index >= 15 is 0 Å². The minimum atomic E-state index is 0.0587. The number of pyridine rings is 1. The van der Waals surface area contributed by atoms with Gasteiger partial charge in [0.1, 0.15) is 0 Å². The second-order valence-corrected chi connectivity index (χ2v) is 6.99. The van der Waals surface area contributed by atoms with Crippen LogP contribution in [-0.2, 0) is 11.3 Å². The zero-order valence-corrected chi connectivity index (χ0v) is 15.4. The normalized spacial score (nSPS) is 15.2. The second kappa shape index (κ2) is 6.61. The van der Waals surface area contributed by atoms with Gasteiger partial charge in [0, 0.05) is 36.4 Å². The van der Waals surface area contributed by atoms with Gasteiger partial charge < -0.3 is 10.6 Å². The van der Waals surface area contributed by atoms with Crippen LogP contribution in [0.3, 0.4) is 0 Å². The number of aromatic nitrogens is 5. The average Bonchev–Trinajstić information content (AvgIpc) is 3.26. The third kappa shape index (κ3) is 3.05. The molecule has 1 aromatic carbocycles. The summed E-state index contributed by atoms with van der Waals surface area (Å²) in [6, 6.07) is 11.9. The molecule has 9 nitrogen and oxygen atoms in total. The number of H-pyrrole nitrogens is 1. The highest BCUT2D eigenvalue weighted by Crippen LogP contribution is 2.22. The smallest absolute Gasteiger partial charge is 0.247 e. The molecule has 0 bridgehead atoms. The lowest BCUT2D eigenvalue weighted by Crippen LogP contribution is -2.47. The van der Waals surface area contributed by atoms with E-state index in [1.807, 2.05) is 47.8 Å². The van der Waals surface area contributed by atoms with Gasteiger partial charge in [-0.1, -0.05) is 6.07 Å². The van der Waals surface area contributed by atoms with E-state index in [1.54, 1.807) is 0 Å². The highest BCUT2D eigenvalue weighted by atomic mass is 16.2. The molecule has 0 atom stereocenters. The number of carbonyl (C=O) groups excluding carboxylic acids is 1. The van der Waals surface area contributed by atoms with Crippen molar-refractivity contribution < 1.29 is 4.79 Å². The molecule has 1 fully saturated rings. The fourth-order valence-electron chi connectivity index (χ4n) is 3.54. The summed E-state index contributed by atoms with van der Waals surface area (Å²) in [5, 5.41) is 19.1. The van der Waals surface area contributed by atoms with Crippen molar-refractivity contribution in [3.8, 4) is 0 Å². The van der Waals surface area contributed by atoms with Gasteiger partial charge >= 0.3 is 0 Å². The van der Waals surface area contributed by atoms with Crippen LogP contribution in [0.15, 0.2) is 36.4 Å². The van der Waals surface area contributed by atoms with Gasteiger partial charge in [-0.15, -0.1) is 5.10 Å². The van der Waals surface area contributed by atoms with Crippen LogP contribution < -0.4 is 10.6 Å². The van der Waals surface area contributed by atoms with Gasteiger partial charge in [-0.2, -0.15) is 10.1 Å². The highest BCUT2D eigenvalue weighted by Gasteiger charge is 2.18. The van der Waals surface area contributed by atoms with E-state index in [0.717, 1.165) is 40.2 Å². The van der Waals surface area contributed by atoms with Crippen molar-refractivity contribution >= 4 is 34.1 Å². The van der Waals surface area contributed by atoms with E-state index < -0.39 is 0 Å². The molecule has 3 N–H and O–H groups in total. The molecule has 9 heteroatoms. The van der Waals surface area contributed by atoms with E-state index in [9.17, 15) is 4.79 Å². The van der Waals surface area contributed by atoms with Crippen LogP contribution in [0.2, 0.25) is 0 Å². The van der Waals surface area contributed by atoms with Crippen molar-refractivity contribution in [3.63, 3.8) is 0 Å². The highest BCUT2D eigenvalue weighted by molar-refractivity contribution is 5.85. The first-order valence-corrected chi connectivity index (χ1v) is 9.21. The summed E-state index contributed by atoms with van der Waals surface area (Å²) in [5.74, 6) is 0.582. The molecule has 28 heavy (non-hydrogen) atoms. The van der Waals surface area contributed by atoms with Crippen molar-refractivity contribution in [2.75, 3.05) is 25.0 Å². The van der Waals surface area contributed by atoms with E-state index in [-0.39, 0.29) is 5.91 Å². The number of hydrogen-bond acceptors (Lipinski definition) is 6. The molecule has 1 aliphatic heterocycles. The van der Waals surface area contributed by atoms with Crippen LogP contribution in [0.4, 0.5) is 11.6 Å². The van der Waals surface area contributed by atoms with Crippen molar-refractivity contribution in [1.82, 2.24) is 35.0 Å². The van der Waals surface area contributed by atoms with E-state index in [4.69, 9.17) is 0 Å². The van der Waals surface area contributed by atoms with Crippen LogP contribution in [0.1, 0.15) is 11.4 Å². The number of nitrogens with one attached hydrogen (secondary N) is 3.